The lowest BCUT2D eigenvalue weighted by Gasteiger charge is -2.43. The van der Waals surface area contributed by atoms with Gasteiger partial charge in [-0.2, -0.15) is 0 Å². The molecule has 3 saturated heterocycles. The molecule has 0 aromatic rings. The van der Waals surface area contributed by atoms with Crippen molar-refractivity contribution in [2.24, 2.45) is 0 Å². The quantitative estimate of drug-likeness (QED) is 0.732. The monoisotopic (exact) mass is 253 g/mol. The molecule has 5 nitrogen and oxygen atoms in total. The number of rotatable bonds is 2. The molecule has 0 bridgehead atoms. The fraction of sp³-hybridized carbons (Fsp3) is 0.923. The molecule has 0 radical (unpaired) electrons. The van der Waals surface area contributed by atoms with Gasteiger partial charge in [-0.15, -0.1) is 0 Å². The Morgan fingerprint density at radius 3 is 2.39 bits per heavy atom. The van der Waals surface area contributed by atoms with Crippen LogP contribution >= 0.6 is 0 Å². The summed E-state index contributed by atoms with van der Waals surface area (Å²) in [5.74, 6) is 0.214. The molecule has 1 amide bonds. The van der Waals surface area contributed by atoms with Gasteiger partial charge in [-0.1, -0.05) is 0 Å². The molecule has 1 N–H and O–H groups in total. The molecule has 0 saturated carbocycles. The van der Waals surface area contributed by atoms with E-state index in [2.05, 4.69) is 17.1 Å². The van der Waals surface area contributed by atoms with Crippen molar-refractivity contribution in [3.05, 3.63) is 0 Å². The van der Waals surface area contributed by atoms with Gasteiger partial charge in [-0.25, -0.2) is 0 Å². The van der Waals surface area contributed by atoms with Gasteiger partial charge in [-0.3, -0.25) is 9.69 Å². The van der Waals surface area contributed by atoms with Crippen molar-refractivity contribution >= 4 is 5.91 Å². The second-order valence-electron chi connectivity index (χ2n) is 5.69. The summed E-state index contributed by atoms with van der Waals surface area (Å²) in [6, 6.07) is 0.699. The van der Waals surface area contributed by atoms with Crippen LogP contribution in [-0.4, -0.2) is 73.2 Å². The van der Waals surface area contributed by atoms with Crippen LogP contribution in [0, 0.1) is 0 Å². The standard InChI is InChI=1S/C13H23N3O2/c1-10-2-3-12(18-10)13(17)16-6-4-15(5-7-16)11-8-14-9-11/h10-12,14H,2-9H2,1H3. The summed E-state index contributed by atoms with van der Waals surface area (Å²) in [5.41, 5.74) is 0. The molecular formula is C13H23N3O2. The summed E-state index contributed by atoms with van der Waals surface area (Å²) >= 11 is 0. The third kappa shape index (κ3) is 2.39. The van der Waals surface area contributed by atoms with E-state index >= 15 is 0 Å². The van der Waals surface area contributed by atoms with Crippen LogP contribution in [-0.2, 0) is 9.53 Å². The zero-order chi connectivity index (χ0) is 12.5. The van der Waals surface area contributed by atoms with Gasteiger partial charge in [-0.05, 0) is 19.8 Å². The maximum atomic E-state index is 12.3. The van der Waals surface area contributed by atoms with E-state index in [1.165, 1.54) is 0 Å². The summed E-state index contributed by atoms with van der Waals surface area (Å²) in [6.07, 6.45) is 2.00. The molecule has 3 rings (SSSR count). The van der Waals surface area contributed by atoms with E-state index in [0.717, 1.165) is 52.1 Å². The van der Waals surface area contributed by atoms with Gasteiger partial charge >= 0.3 is 0 Å². The van der Waals surface area contributed by atoms with Gasteiger partial charge in [0.1, 0.15) is 6.10 Å². The van der Waals surface area contributed by atoms with Crippen LogP contribution in [0.25, 0.3) is 0 Å². The molecule has 3 aliphatic rings. The van der Waals surface area contributed by atoms with Crippen LogP contribution in [0.15, 0.2) is 0 Å². The average molecular weight is 253 g/mol. The van der Waals surface area contributed by atoms with E-state index in [1.54, 1.807) is 0 Å². The predicted octanol–water partition coefficient (Wildman–Crippen LogP) is -0.330. The smallest absolute Gasteiger partial charge is 0.251 e. The molecule has 3 aliphatic heterocycles. The maximum Gasteiger partial charge on any atom is 0.251 e. The Kier molecular flexibility index (Phi) is 3.54. The fourth-order valence-electron chi connectivity index (χ4n) is 3.03. The number of carbonyl (C=O) groups excluding carboxylic acids is 1. The summed E-state index contributed by atoms with van der Waals surface area (Å²) < 4.78 is 5.67. The molecule has 0 spiro atoms. The Balaban J connectivity index is 1.48. The molecule has 18 heavy (non-hydrogen) atoms. The Bertz CT molecular complexity index is 311. The number of nitrogens with one attached hydrogen (secondary N) is 1. The van der Waals surface area contributed by atoms with Crippen LogP contribution in [0.1, 0.15) is 19.8 Å². The summed E-state index contributed by atoms with van der Waals surface area (Å²) in [5, 5.41) is 3.30. The van der Waals surface area contributed by atoms with Crippen LogP contribution in [0.2, 0.25) is 0 Å². The fourth-order valence-corrected chi connectivity index (χ4v) is 3.03. The van der Waals surface area contributed by atoms with Crippen molar-refractivity contribution in [2.75, 3.05) is 39.3 Å². The molecular weight excluding hydrogens is 230 g/mol. The van der Waals surface area contributed by atoms with E-state index < -0.39 is 0 Å². The van der Waals surface area contributed by atoms with Crippen molar-refractivity contribution in [1.29, 1.82) is 0 Å². The van der Waals surface area contributed by atoms with Gasteiger partial charge in [0, 0.05) is 45.3 Å². The molecule has 0 aromatic carbocycles. The summed E-state index contributed by atoms with van der Waals surface area (Å²) in [7, 11) is 0. The second-order valence-corrected chi connectivity index (χ2v) is 5.69. The molecule has 5 heteroatoms. The lowest BCUT2D eigenvalue weighted by atomic mass is 10.1. The van der Waals surface area contributed by atoms with E-state index in [0.29, 0.717) is 6.04 Å². The number of amides is 1. The molecule has 3 fully saturated rings. The average Bonchev–Trinajstić information content (AvgIpc) is 2.74. The first-order chi connectivity index (χ1) is 8.74. The largest absolute Gasteiger partial charge is 0.365 e. The van der Waals surface area contributed by atoms with Crippen molar-refractivity contribution < 1.29 is 9.53 Å². The highest BCUT2D eigenvalue weighted by Gasteiger charge is 2.34. The van der Waals surface area contributed by atoms with E-state index in [4.69, 9.17) is 4.74 Å². The zero-order valence-electron chi connectivity index (χ0n) is 11.1. The molecule has 102 valence electrons. The predicted molar refractivity (Wildman–Crippen MR) is 68.4 cm³/mol. The normalized spacial score (nSPS) is 34.6. The minimum atomic E-state index is -0.170. The number of piperazine rings is 1. The van der Waals surface area contributed by atoms with E-state index in [-0.39, 0.29) is 18.1 Å². The lowest BCUT2D eigenvalue weighted by molar-refractivity contribution is -0.144. The van der Waals surface area contributed by atoms with Crippen LogP contribution in [0.3, 0.4) is 0 Å². The molecule has 0 aliphatic carbocycles. The number of ether oxygens (including phenoxy) is 1. The minimum Gasteiger partial charge on any atom is -0.365 e. The molecule has 0 aromatic heterocycles. The first-order valence-corrected chi connectivity index (χ1v) is 7.13. The highest BCUT2D eigenvalue weighted by molar-refractivity contribution is 5.81. The van der Waals surface area contributed by atoms with Gasteiger partial charge in [0.15, 0.2) is 0 Å². The third-order valence-electron chi connectivity index (χ3n) is 4.41. The second kappa shape index (κ2) is 5.15. The number of carbonyl (C=O) groups is 1. The zero-order valence-corrected chi connectivity index (χ0v) is 11.1. The number of hydrogen-bond donors (Lipinski definition) is 1. The Morgan fingerprint density at radius 2 is 1.89 bits per heavy atom. The van der Waals surface area contributed by atoms with Gasteiger partial charge in [0.25, 0.3) is 5.91 Å². The van der Waals surface area contributed by atoms with Crippen LogP contribution in [0.4, 0.5) is 0 Å². The highest BCUT2D eigenvalue weighted by atomic mass is 16.5. The van der Waals surface area contributed by atoms with Gasteiger partial charge < -0.3 is 15.0 Å². The number of hydrogen-bond acceptors (Lipinski definition) is 4. The minimum absolute atomic E-state index is 0.170. The topological polar surface area (TPSA) is 44.8 Å². The molecule has 2 unspecified atom stereocenters. The van der Waals surface area contributed by atoms with Crippen molar-refractivity contribution in [1.82, 2.24) is 15.1 Å². The van der Waals surface area contributed by atoms with Crippen molar-refractivity contribution in [2.45, 2.75) is 38.0 Å². The van der Waals surface area contributed by atoms with Crippen molar-refractivity contribution in [3.63, 3.8) is 0 Å². The molecule has 3 heterocycles. The Labute approximate surface area is 108 Å². The summed E-state index contributed by atoms with van der Waals surface area (Å²) in [4.78, 5) is 16.8. The maximum absolute atomic E-state index is 12.3. The van der Waals surface area contributed by atoms with Gasteiger partial charge in [0.05, 0.1) is 6.10 Å². The van der Waals surface area contributed by atoms with E-state index in [9.17, 15) is 4.79 Å². The summed E-state index contributed by atoms with van der Waals surface area (Å²) in [6.45, 7) is 8.02. The number of nitrogens with zero attached hydrogens (tertiary/aromatic N) is 2. The van der Waals surface area contributed by atoms with Crippen LogP contribution in [0.5, 0.6) is 0 Å². The van der Waals surface area contributed by atoms with E-state index in [1.807, 2.05) is 4.90 Å². The first-order valence-electron chi connectivity index (χ1n) is 7.13. The SMILES string of the molecule is CC1CCC(C(=O)N2CCN(C3CNC3)CC2)O1. The Morgan fingerprint density at radius 1 is 1.17 bits per heavy atom. The van der Waals surface area contributed by atoms with Gasteiger partial charge in [0.2, 0.25) is 0 Å². The third-order valence-corrected chi connectivity index (χ3v) is 4.41. The molecule has 2 atom stereocenters. The van der Waals surface area contributed by atoms with Crippen molar-refractivity contribution in [3.8, 4) is 0 Å². The van der Waals surface area contributed by atoms with Crippen LogP contribution < -0.4 is 5.32 Å². The highest BCUT2D eigenvalue weighted by Crippen LogP contribution is 2.21. The Hall–Kier alpha value is -0.650. The lowest BCUT2D eigenvalue weighted by Crippen LogP contribution is -2.62. The first kappa shape index (κ1) is 12.4.